The van der Waals surface area contributed by atoms with Crippen molar-refractivity contribution < 1.29 is 9.84 Å². The summed E-state index contributed by atoms with van der Waals surface area (Å²) in [4.78, 5) is 0. The summed E-state index contributed by atoms with van der Waals surface area (Å²) in [6.07, 6.45) is 15.7. The normalized spacial score (nSPS) is 52.9. The lowest BCUT2D eigenvalue weighted by Gasteiger charge is -2.64. The second kappa shape index (κ2) is 7.58. The number of aliphatic hydroxyl groups is 1. The number of methoxy groups -OCH3 is 1. The average molecular weight is 457 g/mol. The molecular weight excluding hydrogens is 404 g/mol. The van der Waals surface area contributed by atoms with Crippen LogP contribution in [-0.4, -0.2) is 24.4 Å². The largest absolute Gasteiger partial charge is 0.393 e. The molecule has 0 aliphatic heterocycles. The summed E-state index contributed by atoms with van der Waals surface area (Å²) in [6.45, 7) is 17.7. The van der Waals surface area contributed by atoms with E-state index in [1.807, 2.05) is 7.11 Å². The Hall–Kier alpha value is -0.340. The maximum atomic E-state index is 10.9. The van der Waals surface area contributed by atoms with Gasteiger partial charge in [0.15, 0.2) is 0 Å². The van der Waals surface area contributed by atoms with Crippen molar-refractivity contribution in [3.63, 3.8) is 0 Å². The summed E-state index contributed by atoms with van der Waals surface area (Å²) in [5, 5.41) is 10.9. The standard InChI is InChI=1S/C31H52O2/c1-27(2)22-11-9-20-19-29(5)16-13-23-28(3,4)26(33-8)15-18-31(23,7)24(29)12-10-21(20)30(22,6)17-14-25(27)32/h9,21-26,32H,10-19H2,1-8H3/t21-,22-,23-,24-,25+,26+,29-,30+,31-/m0/s1. The maximum Gasteiger partial charge on any atom is 0.0625 e. The molecule has 0 saturated heterocycles. The van der Waals surface area contributed by atoms with E-state index in [0.29, 0.717) is 28.3 Å². The SMILES string of the molecule is CO[C@@H]1CC[C@@]2(C)[C@@H](CC[C@@]3(C)CC4=CC[C@H]5C(C)(C)[C@H](O)CC[C@]5(C)[C@H]4CC[C@@H]32)C1(C)C. The Kier molecular flexibility index (Phi) is 5.60. The number of hydrogen-bond acceptors (Lipinski definition) is 2. The minimum Gasteiger partial charge on any atom is -0.393 e. The summed E-state index contributed by atoms with van der Waals surface area (Å²) in [5.41, 5.74) is 3.32. The Morgan fingerprint density at radius 2 is 1.45 bits per heavy atom. The monoisotopic (exact) mass is 456 g/mol. The topological polar surface area (TPSA) is 29.5 Å². The summed E-state index contributed by atoms with van der Waals surface area (Å²) < 4.78 is 6.03. The molecule has 188 valence electrons. The number of fused-ring (bicyclic) bond motifs is 6. The fraction of sp³-hybridized carbons (Fsp3) is 0.935. The van der Waals surface area contributed by atoms with Crippen LogP contribution in [0, 0.1) is 50.7 Å². The van der Waals surface area contributed by atoms with Crippen molar-refractivity contribution in [3.8, 4) is 0 Å². The molecule has 5 aliphatic rings. The Morgan fingerprint density at radius 1 is 0.758 bits per heavy atom. The van der Waals surface area contributed by atoms with Gasteiger partial charge in [0, 0.05) is 7.11 Å². The van der Waals surface area contributed by atoms with E-state index in [1.54, 1.807) is 5.57 Å². The van der Waals surface area contributed by atoms with E-state index in [1.165, 1.54) is 57.8 Å². The molecule has 1 N–H and O–H groups in total. The summed E-state index contributed by atoms with van der Waals surface area (Å²) in [6, 6.07) is 0. The van der Waals surface area contributed by atoms with Gasteiger partial charge in [0.2, 0.25) is 0 Å². The van der Waals surface area contributed by atoms with Crippen LogP contribution in [0.2, 0.25) is 0 Å². The number of hydrogen-bond donors (Lipinski definition) is 1. The number of rotatable bonds is 1. The molecule has 0 aromatic heterocycles. The third-order valence-electron chi connectivity index (χ3n) is 13.1. The average Bonchev–Trinajstić information content (AvgIpc) is 2.88. The highest BCUT2D eigenvalue weighted by molar-refractivity contribution is 5.25. The molecule has 5 aliphatic carbocycles. The van der Waals surface area contributed by atoms with E-state index in [2.05, 4.69) is 54.5 Å². The van der Waals surface area contributed by atoms with Gasteiger partial charge >= 0.3 is 0 Å². The van der Waals surface area contributed by atoms with Crippen molar-refractivity contribution in [1.82, 2.24) is 0 Å². The Balaban J connectivity index is 1.49. The van der Waals surface area contributed by atoms with E-state index in [0.717, 1.165) is 24.2 Å². The van der Waals surface area contributed by atoms with Crippen LogP contribution < -0.4 is 0 Å². The molecule has 0 bridgehead atoms. The van der Waals surface area contributed by atoms with Crippen molar-refractivity contribution in [2.24, 2.45) is 50.7 Å². The van der Waals surface area contributed by atoms with Crippen molar-refractivity contribution in [3.05, 3.63) is 11.6 Å². The van der Waals surface area contributed by atoms with Gasteiger partial charge in [-0.3, -0.25) is 0 Å². The smallest absolute Gasteiger partial charge is 0.0625 e. The fourth-order valence-corrected chi connectivity index (χ4v) is 11.3. The second-order valence-corrected chi connectivity index (χ2v) is 15.1. The van der Waals surface area contributed by atoms with Crippen LogP contribution >= 0.6 is 0 Å². The van der Waals surface area contributed by atoms with Gasteiger partial charge in [-0.25, -0.2) is 0 Å². The van der Waals surface area contributed by atoms with Crippen molar-refractivity contribution in [2.45, 2.75) is 125 Å². The molecule has 5 rings (SSSR count). The molecular formula is C31H52O2. The lowest BCUT2D eigenvalue weighted by molar-refractivity contribution is -0.178. The Labute approximate surface area is 204 Å². The quantitative estimate of drug-likeness (QED) is 0.408. The lowest BCUT2D eigenvalue weighted by atomic mass is 9.42. The zero-order valence-electron chi connectivity index (χ0n) is 23.0. The predicted octanol–water partition coefficient (Wildman–Crippen LogP) is 7.79. The predicted molar refractivity (Wildman–Crippen MR) is 137 cm³/mol. The molecule has 0 amide bonds. The first kappa shape index (κ1) is 24.4. The molecule has 33 heavy (non-hydrogen) atoms. The third-order valence-corrected chi connectivity index (χ3v) is 13.1. The molecule has 2 nitrogen and oxygen atoms in total. The maximum absolute atomic E-state index is 10.9. The van der Waals surface area contributed by atoms with Crippen molar-refractivity contribution >= 4 is 0 Å². The summed E-state index contributed by atoms with van der Waals surface area (Å²) >= 11 is 0. The molecule has 0 spiro atoms. The summed E-state index contributed by atoms with van der Waals surface area (Å²) in [5.74, 6) is 2.91. The first-order valence-electron chi connectivity index (χ1n) is 14.2. The van der Waals surface area contributed by atoms with Gasteiger partial charge in [-0.15, -0.1) is 0 Å². The molecule has 9 atom stereocenters. The second-order valence-electron chi connectivity index (χ2n) is 15.1. The molecule has 0 aromatic rings. The Morgan fingerprint density at radius 3 is 2.15 bits per heavy atom. The lowest BCUT2D eigenvalue weighted by Crippen LogP contribution is -2.58. The van der Waals surface area contributed by atoms with Crippen LogP contribution in [0.3, 0.4) is 0 Å². The number of aliphatic hydroxyl groups excluding tert-OH is 1. The van der Waals surface area contributed by atoms with Gasteiger partial charge in [0.05, 0.1) is 12.2 Å². The van der Waals surface area contributed by atoms with Crippen LogP contribution in [0.5, 0.6) is 0 Å². The molecule has 4 fully saturated rings. The van der Waals surface area contributed by atoms with Crippen LogP contribution in [0.1, 0.15) is 113 Å². The molecule has 2 heteroatoms. The minimum absolute atomic E-state index is 0.0254. The van der Waals surface area contributed by atoms with Crippen LogP contribution in [0.15, 0.2) is 11.6 Å². The summed E-state index contributed by atoms with van der Waals surface area (Å²) in [7, 11) is 1.94. The number of allylic oxidation sites excluding steroid dienone is 2. The fourth-order valence-electron chi connectivity index (χ4n) is 11.3. The van der Waals surface area contributed by atoms with Crippen LogP contribution in [-0.2, 0) is 4.74 Å². The van der Waals surface area contributed by atoms with Crippen molar-refractivity contribution in [2.75, 3.05) is 7.11 Å². The van der Waals surface area contributed by atoms with E-state index >= 15 is 0 Å². The van der Waals surface area contributed by atoms with E-state index in [-0.39, 0.29) is 16.9 Å². The zero-order valence-corrected chi connectivity index (χ0v) is 23.0. The number of ether oxygens (including phenoxy) is 1. The van der Waals surface area contributed by atoms with Crippen LogP contribution in [0.4, 0.5) is 0 Å². The van der Waals surface area contributed by atoms with Crippen molar-refractivity contribution in [1.29, 1.82) is 0 Å². The van der Waals surface area contributed by atoms with E-state index in [4.69, 9.17) is 4.74 Å². The molecule has 0 heterocycles. The third kappa shape index (κ3) is 3.24. The van der Waals surface area contributed by atoms with Gasteiger partial charge < -0.3 is 9.84 Å². The van der Waals surface area contributed by atoms with Gasteiger partial charge in [0.1, 0.15) is 0 Å². The first-order chi connectivity index (χ1) is 15.3. The first-order valence-corrected chi connectivity index (χ1v) is 14.2. The highest BCUT2D eigenvalue weighted by Crippen LogP contribution is 2.70. The molecule has 0 unspecified atom stereocenters. The molecule has 0 radical (unpaired) electrons. The minimum atomic E-state index is -0.144. The molecule has 0 aromatic carbocycles. The van der Waals surface area contributed by atoms with E-state index in [9.17, 15) is 5.11 Å². The Bertz CT molecular complexity index is 810. The van der Waals surface area contributed by atoms with Gasteiger partial charge in [-0.1, -0.05) is 60.1 Å². The van der Waals surface area contributed by atoms with Gasteiger partial charge in [-0.2, -0.15) is 0 Å². The van der Waals surface area contributed by atoms with Gasteiger partial charge in [0.25, 0.3) is 0 Å². The van der Waals surface area contributed by atoms with E-state index < -0.39 is 0 Å². The highest BCUT2D eigenvalue weighted by atomic mass is 16.5. The molecule has 4 saturated carbocycles. The highest BCUT2D eigenvalue weighted by Gasteiger charge is 2.63. The van der Waals surface area contributed by atoms with Gasteiger partial charge in [-0.05, 0) is 115 Å². The zero-order chi connectivity index (χ0) is 24.0. The van der Waals surface area contributed by atoms with Crippen LogP contribution in [0.25, 0.3) is 0 Å².